The van der Waals surface area contributed by atoms with Gasteiger partial charge in [-0.2, -0.15) is 0 Å². The lowest BCUT2D eigenvalue weighted by molar-refractivity contribution is 0.0944. The molecule has 0 aliphatic rings. The number of hydrogen-bond donors (Lipinski definition) is 1. The van der Waals surface area contributed by atoms with E-state index in [2.05, 4.69) is 17.4 Å². The summed E-state index contributed by atoms with van der Waals surface area (Å²) in [4.78, 5) is 13.6. The Hall–Kier alpha value is -2.43. The number of benzene rings is 3. The van der Waals surface area contributed by atoms with Crippen molar-refractivity contribution < 1.29 is 9.53 Å². The van der Waals surface area contributed by atoms with E-state index in [-0.39, 0.29) is 5.91 Å². The predicted molar refractivity (Wildman–Crippen MR) is 116 cm³/mol. The third-order valence-electron chi connectivity index (χ3n) is 4.17. The van der Waals surface area contributed by atoms with Crippen LogP contribution in [0.1, 0.15) is 21.5 Å². The van der Waals surface area contributed by atoms with Gasteiger partial charge >= 0.3 is 0 Å². The average Bonchev–Trinajstić information content (AvgIpc) is 2.73. The molecule has 0 spiro atoms. The van der Waals surface area contributed by atoms with Crippen molar-refractivity contribution in [2.45, 2.75) is 17.6 Å². The fourth-order valence-electron chi connectivity index (χ4n) is 2.61. The highest BCUT2D eigenvalue weighted by Crippen LogP contribution is 2.26. The number of aryl methyl sites for hydroxylation is 1. The van der Waals surface area contributed by atoms with Crippen molar-refractivity contribution in [1.29, 1.82) is 0 Å². The minimum atomic E-state index is -0.0956. The number of amides is 1. The zero-order valence-electron chi connectivity index (χ0n) is 15.7. The van der Waals surface area contributed by atoms with Crippen LogP contribution < -0.4 is 10.1 Å². The average molecular weight is 412 g/mol. The molecular weight excluding hydrogens is 390 g/mol. The summed E-state index contributed by atoms with van der Waals surface area (Å²) in [5.41, 5.74) is 2.92. The Labute approximate surface area is 175 Å². The first-order valence-corrected chi connectivity index (χ1v) is 10.4. The molecule has 0 heterocycles. The van der Waals surface area contributed by atoms with Gasteiger partial charge < -0.3 is 10.1 Å². The Morgan fingerprint density at radius 1 is 1.04 bits per heavy atom. The minimum absolute atomic E-state index is 0.0956. The monoisotopic (exact) mass is 411 g/mol. The van der Waals surface area contributed by atoms with E-state index < -0.39 is 0 Å². The molecule has 0 unspecified atom stereocenters. The van der Waals surface area contributed by atoms with Crippen LogP contribution in [0.2, 0.25) is 5.02 Å². The molecule has 0 radical (unpaired) electrons. The Bertz CT molecular complexity index is 931. The van der Waals surface area contributed by atoms with Gasteiger partial charge in [-0.25, -0.2) is 0 Å². The summed E-state index contributed by atoms with van der Waals surface area (Å²) in [6, 6.07) is 23.5. The van der Waals surface area contributed by atoms with Gasteiger partial charge in [0.15, 0.2) is 0 Å². The second kappa shape index (κ2) is 10.2. The second-order valence-electron chi connectivity index (χ2n) is 6.29. The van der Waals surface area contributed by atoms with Crippen LogP contribution in [-0.4, -0.2) is 19.1 Å². The van der Waals surface area contributed by atoms with E-state index in [4.69, 9.17) is 16.3 Å². The van der Waals surface area contributed by atoms with E-state index in [1.54, 1.807) is 17.8 Å². The molecule has 0 saturated heterocycles. The third kappa shape index (κ3) is 5.78. The Morgan fingerprint density at radius 3 is 2.57 bits per heavy atom. The Morgan fingerprint density at radius 2 is 1.79 bits per heavy atom. The first-order valence-electron chi connectivity index (χ1n) is 9.06. The van der Waals surface area contributed by atoms with E-state index in [0.29, 0.717) is 29.5 Å². The van der Waals surface area contributed by atoms with Gasteiger partial charge in [-0.05, 0) is 42.3 Å². The normalized spacial score (nSPS) is 10.5. The lowest BCUT2D eigenvalue weighted by Gasteiger charge is -2.11. The van der Waals surface area contributed by atoms with Crippen LogP contribution in [0.5, 0.6) is 5.75 Å². The van der Waals surface area contributed by atoms with Crippen LogP contribution in [0.25, 0.3) is 0 Å². The molecule has 0 aromatic heterocycles. The van der Waals surface area contributed by atoms with Crippen LogP contribution in [-0.2, 0) is 5.75 Å². The molecule has 3 aromatic carbocycles. The zero-order chi connectivity index (χ0) is 19.8. The fraction of sp³-hybridized carbons (Fsp3) is 0.174. The van der Waals surface area contributed by atoms with Crippen LogP contribution in [0, 0.1) is 6.92 Å². The molecule has 3 aromatic rings. The van der Waals surface area contributed by atoms with Crippen molar-refractivity contribution >= 4 is 29.3 Å². The number of halogens is 1. The van der Waals surface area contributed by atoms with E-state index in [1.807, 2.05) is 61.5 Å². The topological polar surface area (TPSA) is 38.3 Å². The van der Waals surface area contributed by atoms with Crippen LogP contribution in [0.15, 0.2) is 77.7 Å². The first kappa shape index (κ1) is 20.3. The molecule has 0 fully saturated rings. The molecule has 3 rings (SSSR count). The number of nitrogens with one attached hydrogen (secondary N) is 1. The van der Waals surface area contributed by atoms with Crippen molar-refractivity contribution in [2.75, 3.05) is 13.2 Å². The number of thioether (sulfide) groups is 1. The number of carbonyl (C=O) groups excluding carboxylic acids is 1. The van der Waals surface area contributed by atoms with E-state index >= 15 is 0 Å². The summed E-state index contributed by atoms with van der Waals surface area (Å²) in [6.07, 6.45) is 0. The summed E-state index contributed by atoms with van der Waals surface area (Å²) in [5, 5.41) is 3.60. The van der Waals surface area contributed by atoms with Gasteiger partial charge in [0, 0.05) is 15.7 Å². The highest BCUT2D eigenvalue weighted by molar-refractivity contribution is 7.98. The molecule has 1 N–H and O–H groups in total. The largest absolute Gasteiger partial charge is 0.492 e. The van der Waals surface area contributed by atoms with Gasteiger partial charge in [0.25, 0.3) is 5.91 Å². The molecule has 0 aliphatic heterocycles. The van der Waals surface area contributed by atoms with E-state index in [1.165, 1.54) is 5.56 Å². The standard InChI is InChI=1S/C23H22ClNO2S/c1-17-11-12-19(15-21(17)24)27-14-13-25-23(26)20-9-5-6-10-22(20)28-16-18-7-3-2-4-8-18/h2-12,15H,13-14,16H2,1H3,(H,25,26). The van der Waals surface area contributed by atoms with Gasteiger partial charge in [0.1, 0.15) is 12.4 Å². The Balaban J connectivity index is 1.52. The Kier molecular flexibility index (Phi) is 7.40. The highest BCUT2D eigenvalue weighted by Gasteiger charge is 2.11. The van der Waals surface area contributed by atoms with Crippen molar-refractivity contribution in [1.82, 2.24) is 5.32 Å². The minimum Gasteiger partial charge on any atom is -0.492 e. The highest BCUT2D eigenvalue weighted by atomic mass is 35.5. The second-order valence-corrected chi connectivity index (χ2v) is 7.71. The predicted octanol–water partition coefficient (Wildman–Crippen LogP) is 5.75. The molecule has 0 aliphatic carbocycles. The number of rotatable bonds is 8. The molecule has 5 heteroatoms. The number of carbonyl (C=O) groups is 1. The number of ether oxygens (including phenoxy) is 1. The van der Waals surface area contributed by atoms with Gasteiger partial charge in [0.05, 0.1) is 12.1 Å². The molecule has 1 amide bonds. The smallest absolute Gasteiger partial charge is 0.252 e. The summed E-state index contributed by atoms with van der Waals surface area (Å²) < 4.78 is 5.66. The van der Waals surface area contributed by atoms with Crippen molar-refractivity contribution in [2.24, 2.45) is 0 Å². The lowest BCUT2D eigenvalue weighted by atomic mass is 10.2. The fourth-order valence-corrected chi connectivity index (χ4v) is 3.78. The third-order valence-corrected chi connectivity index (χ3v) is 5.72. The van der Waals surface area contributed by atoms with Crippen LogP contribution in [0.3, 0.4) is 0 Å². The molecule has 28 heavy (non-hydrogen) atoms. The van der Waals surface area contributed by atoms with Crippen molar-refractivity contribution in [3.8, 4) is 5.75 Å². The van der Waals surface area contributed by atoms with Gasteiger partial charge in [-0.15, -0.1) is 11.8 Å². The van der Waals surface area contributed by atoms with Gasteiger partial charge in [0.2, 0.25) is 0 Å². The number of hydrogen-bond acceptors (Lipinski definition) is 3. The van der Waals surface area contributed by atoms with Crippen LogP contribution in [0.4, 0.5) is 0 Å². The first-order chi connectivity index (χ1) is 13.6. The van der Waals surface area contributed by atoms with Gasteiger partial charge in [-0.1, -0.05) is 60.1 Å². The van der Waals surface area contributed by atoms with E-state index in [0.717, 1.165) is 16.2 Å². The summed E-state index contributed by atoms with van der Waals surface area (Å²) in [7, 11) is 0. The van der Waals surface area contributed by atoms with Crippen molar-refractivity contribution in [3.63, 3.8) is 0 Å². The zero-order valence-corrected chi connectivity index (χ0v) is 17.2. The summed E-state index contributed by atoms with van der Waals surface area (Å²) >= 11 is 7.76. The molecule has 3 nitrogen and oxygen atoms in total. The molecular formula is C23H22ClNO2S. The quantitative estimate of drug-likeness (QED) is 0.379. The lowest BCUT2D eigenvalue weighted by Crippen LogP contribution is -2.28. The maximum atomic E-state index is 12.6. The van der Waals surface area contributed by atoms with Crippen LogP contribution >= 0.6 is 23.4 Å². The summed E-state index contributed by atoms with van der Waals surface area (Å²) in [6.45, 7) is 2.74. The SMILES string of the molecule is Cc1ccc(OCCNC(=O)c2ccccc2SCc2ccccc2)cc1Cl. The van der Waals surface area contributed by atoms with E-state index in [9.17, 15) is 4.79 Å². The summed E-state index contributed by atoms with van der Waals surface area (Å²) in [5.74, 6) is 1.42. The molecule has 144 valence electrons. The van der Waals surface area contributed by atoms with Crippen molar-refractivity contribution in [3.05, 3.63) is 94.5 Å². The maximum Gasteiger partial charge on any atom is 0.252 e. The molecule has 0 atom stereocenters. The van der Waals surface area contributed by atoms with Gasteiger partial charge in [-0.3, -0.25) is 4.79 Å². The molecule has 0 bridgehead atoms. The molecule has 0 saturated carbocycles. The maximum absolute atomic E-state index is 12.6.